The summed E-state index contributed by atoms with van der Waals surface area (Å²) in [5, 5.41) is 8.79. The summed E-state index contributed by atoms with van der Waals surface area (Å²) in [4.78, 5) is 11.6. The topological polar surface area (TPSA) is 108 Å². The summed E-state index contributed by atoms with van der Waals surface area (Å²) in [5.41, 5.74) is 2.80. The van der Waals surface area contributed by atoms with Gasteiger partial charge in [-0.05, 0) is 36.8 Å². The van der Waals surface area contributed by atoms with Crippen molar-refractivity contribution in [3.05, 3.63) is 59.7 Å². The lowest BCUT2D eigenvalue weighted by molar-refractivity contribution is 0.0706. The Bertz CT molecular complexity index is 887. The number of nitrogens with zero attached hydrogens (tertiary/aromatic N) is 1. The van der Waals surface area contributed by atoms with E-state index in [0.717, 1.165) is 0 Å². The molecule has 1 aliphatic heterocycles. The molecule has 1 aliphatic rings. The van der Waals surface area contributed by atoms with Gasteiger partial charge in [0, 0.05) is 29.9 Å². The second-order valence-electron chi connectivity index (χ2n) is 5.77. The number of carbonyl (C=O) groups is 1. The minimum Gasteiger partial charge on any atom is -0.493 e. The molecule has 8 nitrogen and oxygen atoms in total. The SMILES string of the molecule is O=C(NO)c1ccc2c(c1)CN(S(=O)(=O)Nc1ccccc1)CCCO2. The second-order valence-corrected chi connectivity index (χ2v) is 7.44. The Balaban J connectivity index is 1.88. The molecule has 2 aromatic rings. The van der Waals surface area contributed by atoms with Crippen molar-refractivity contribution in [2.45, 2.75) is 13.0 Å². The van der Waals surface area contributed by atoms with Gasteiger partial charge in [-0.3, -0.25) is 14.7 Å². The van der Waals surface area contributed by atoms with Gasteiger partial charge in [-0.1, -0.05) is 18.2 Å². The zero-order chi connectivity index (χ0) is 18.6. The summed E-state index contributed by atoms with van der Waals surface area (Å²) in [6.07, 6.45) is 0.536. The first-order valence-corrected chi connectivity index (χ1v) is 9.47. The smallest absolute Gasteiger partial charge is 0.301 e. The average molecular weight is 377 g/mol. The third-order valence-electron chi connectivity index (χ3n) is 3.94. The fourth-order valence-electron chi connectivity index (χ4n) is 2.67. The number of benzene rings is 2. The average Bonchev–Trinajstić information content (AvgIpc) is 2.61. The van der Waals surface area contributed by atoms with Gasteiger partial charge in [-0.2, -0.15) is 12.7 Å². The Morgan fingerprint density at radius 2 is 1.92 bits per heavy atom. The number of nitrogens with one attached hydrogen (secondary N) is 2. The third-order valence-corrected chi connectivity index (χ3v) is 5.43. The Morgan fingerprint density at radius 1 is 1.15 bits per heavy atom. The van der Waals surface area contributed by atoms with E-state index < -0.39 is 16.1 Å². The molecular weight excluding hydrogens is 358 g/mol. The molecule has 0 spiro atoms. The van der Waals surface area contributed by atoms with Crippen molar-refractivity contribution in [1.82, 2.24) is 9.79 Å². The minimum atomic E-state index is -3.78. The highest BCUT2D eigenvalue weighted by molar-refractivity contribution is 7.90. The van der Waals surface area contributed by atoms with Crippen LogP contribution in [0.15, 0.2) is 48.5 Å². The van der Waals surface area contributed by atoms with Crippen molar-refractivity contribution in [2.75, 3.05) is 17.9 Å². The largest absolute Gasteiger partial charge is 0.493 e. The zero-order valence-electron chi connectivity index (χ0n) is 13.9. The molecule has 0 fully saturated rings. The van der Waals surface area contributed by atoms with E-state index in [9.17, 15) is 13.2 Å². The van der Waals surface area contributed by atoms with Gasteiger partial charge in [0.05, 0.1) is 6.61 Å². The fraction of sp³-hybridized carbons (Fsp3) is 0.235. The Hall–Kier alpha value is -2.62. The molecule has 0 radical (unpaired) electrons. The Kier molecular flexibility index (Phi) is 5.40. The maximum Gasteiger partial charge on any atom is 0.301 e. The molecule has 138 valence electrons. The van der Waals surface area contributed by atoms with Gasteiger partial charge in [0.25, 0.3) is 5.91 Å². The number of carbonyl (C=O) groups excluding carboxylic acids is 1. The first-order chi connectivity index (χ1) is 12.5. The summed E-state index contributed by atoms with van der Waals surface area (Å²) in [6.45, 7) is 0.679. The van der Waals surface area contributed by atoms with Crippen LogP contribution in [0.4, 0.5) is 5.69 Å². The number of amides is 1. The quantitative estimate of drug-likeness (QED) is 0.556. The van der Waals surface area contributed by atoms with E-state index in [2.05, 4.69) is 4.72 Å². The standard InChI is InChI=1S/C17H19N3O5S/c21-17(18-22)13-7-8-16-14(11-13)12-20(9-4-10-25-16)26(23,24)19-15-5-2-1-3-6-15/h1-3,5-8,11,19,22H,4,9-10,12H2,(H,18,21). The molecule has 3 rings (SSSR count). The monoisotopic (exact) mass is 377 g/mol. The molecule has 9 heteroatoms. The lowest BCUT2D eigenvalue weighted by Gasteiger charge is -2.26. The summed E-state index contributed by atoms with van der Waals surface area (Å²) in [5.74, 6) is -0.161. The van der Waals surface area contributed by atoms with Gasteiger partial charge in [0.1, 0.15) is 5.75 Å². The highest BCUT2D eigenvalue weighted by Gasteiger charge is 2.25. The number of hydrogen-bond donors (Lipinski definition) is 3. The third kappa shape index (κ3) is 4.13. The summed E-state index contributed by atoms with van der Waals surface area (Å²) < 4.78 is 35.0. The van der Waals surface area contributed by atoms with Gasteiger partial charge < -0.3 is 4.74 Å². The normalized spacial score (nSPS) is 15.1. The van der Waals surface area contributed by atoms with E-state index in [4.69, 9.17) is 9.94 Å². The van der Waals surface area contributed by atoms with Crippen LogP contribution < -0.4 is 14.9 Å². The lowest BCUT2D eigenvalue weighted by Crippen LogP contribution is -2.37. The highest BCUT2D eigenvalue weighted by Crippen LogP contribution is 2.26. The molecule has 2 aromatic carbocycles. The van der Waals surface area contributed by atoms with Crippen molar-refractivity contribution >= 4 is 21.8 Å². The molecule has 0 aromatic heterocycles. The molecule has 1 heterocycles. The van der Waals surface area contributed by atoms with Crippen molar-refractivity contribution < 1.29 is 23.2 Å². The maximum absolute atomic E-state index is 12.8. The van der Waals surface area contributed by atoms with Crippen LogP contribution >= 0.6 is 0 Å². The summed E-state index contributed by atoms with van der Waals surface area (Å²) in [7, 11) is -3.78. The van der Waals surface area contributed by atoms with E-state index in [-0.39, 0.29) is 18.7 Å². The van der Waals surface area contributed by atoms with Crippen LogP contribution in [0.1, 0.15) is 22.3 Å². The number of hydroxylamine groups is 1. The molecule has 0 aliphatic carbocycles. The van der Waals surface area contributed by atoms with Crippen LogP contribution in [0.5, 0.6) is 5.75 Å². The van der Waals surface area contributed by atoms with Crippen LogP contribution in [0.25, 0.3) is 0 Å². The number of ether oxygens (including phenoxy) is 1. The van der Waals surface area contributed by atoms with Crippen LogP contribution in [0.2, 0.25) is 0 Å². The van der Waals surface area contributed by atoms with Crippen molar-refractivity contribution in [1.29, 1.82) is 0 Å². The molecule has 26 heavy (non-hydrogen) atoms. The Morgan fingerprint density at radius 3 is 2.65 bits per heavy atom. The highest BCUT2D eigenvalue weighted by atomic mass is 32.2. The molecule has 1 amide bonds. The molecule has 0 bridgehead atoms. The molecule has 0 saturated carbocycles. The minimum absolute atomic E-state index is 0.0457. The number of anilines is 1. The summed E-state index contributed by atoms with van der Waals surface area (Å²) in [6, 6.07) is 13.2. The summed E-state index contributed by atoms with van der Waals surface area (Å²) >= 11 is 0. The molecule has 0 atom stereocenters. The van der Waals surface area contributed by atoms with Crippen molar-refractivity contribution in [3.63, 3.8) is 0 Å². The molecule has 0 unspecified atom stereocenters. The van der Waals surface area contributed by atoms with E-state index in [1.165, 1.54) is 16.4 Å². The van der Waals surface area contributed by atoms with Crippen LogP contribution in [0.3, 0.4) is 0 Å². The molecule has 0 saturated heterocycles. The number of para-hydroxylation sites is 1. The van der Waals surface area contributed by atoms with Gasteiger partial charge in [-0.25, -0.2) is 5.48 Å². The van der Waals surface area contributed by atoms with E-state index in [1.807, 2.05) is 0 Å². The van der Waals surface area contributed by atoms with Gasteiger partial charge in [0.2, 0.25) is 0 Å². The number of rotatable bonds is 4. The maximum atomic E-state index is 12.8. The number of hydrogen-bond acceptors (Lipinski definition) is 5. The first kappa shape index (κ1) is 18.2. The Labute approximate surface area is 151 Å². The first-order valence-electron chi connectivity index (χ1n) is 8.03. The molecular formula is C17H19N3O5S. The van der Waals surface area contributed by atoms with Crippen molar-refractivity contribution in [3.8, 4) is 5.75 Å². The zero-order valence-corrected chi connectivity index (χ0v) is 14.7. The van der Waals surface area contributed by atoms with Crippen LogP contribution in [0, 0.1) is 0 Å². The van der Waals surface area contributed by atoms with Crippen LogP contribution in [-0.4, -0.2) is 37.0 Å². The predicted molar refractivity (Wildman–Crippen MR) is 95.2 cm³/mol. The second kappa shape index (κ2) is 7.73. The fourth-order valence-corrected chi connectivity index (χ4v) is 3.91. The molecule has 3 N–H and O–H groups in total. The van der Waals surface area contributed by atoms with Gasteiger partial charge in [-0.15, -0.1) is 0 Å². The lowest BCUT2D eigenvalue weighted by atomic mass is 10.1. The van der Waals surface area contributed by atoms with Gasteiger partial charge >= 0.3 is 10.2 Å². The number of fused-ring (bicyclic) bond motifs is 1. The van der Waals surface area contributed by atoms with Crippen molar-refractivity contribution in [2.24, 2.45) is 0 Å². The van der Waals surface area contributed by atoms with Gasteiger partial charge in [0.15, 0.2) is 0 Å². The van der Waals surface area contributed by atoms with E-state index in [0.29, 0.717) is 30.0 Å². The van der Waals surface area contributed by atoms with E-state index in [1.54, 1.807) is 41.9 Å². The predicted octanol–water partition coefficient (Wildman–Crippen LogP) is 1.75. The van der Waals surface area contributed by atoms with Crippen LogP contribution in [-0.2, 0) is 16.8 Å². The van der Waals surface area contributed by atoms with E-state index >= 15 is 0 Å².